The maximum absolute atomic E-state index is 14.0. The monoisotopic (exact) mass is 737 g/mol. The van der Waals surface area contributed by atoms with Crippen molar-refractivity contribution >= 4 is 57.4 Å². The Kier molecular flexibility index (Phi) is 12.5. The molecule has 0 unspecified atom stereocenters. The summed E-state index contributed by atoms with van der Waals surface area (Å²) in [6.45, 7) is -0.897. The zero-order chi connectivity index (χ0) is 37.2. The van der Waals surface area contributed by atoms with Crippen molar-refractivity contribution in [3.8, 4) is 5.75 Å². The van der Waals surface area contributed by atoms with Crippen LogP contribution in [0, 0.1) is 23.3 Å². The van der Waals surface area contributed by atoms with Gasteiger partial charge in [0, 0.05) is 28.7 Å². The summed E-state index contributed by atoms with van der Waals surface area (Å²) in [4.78, 5) is 60.0. The first-order valence-electron chi connectivity index (χ1n) is 15.9. The lowest BCUT2D eigenvalue weighted by Crippen LogP contribution is -2.46. The third kappa shape index (κ3) is 9.66. The van der Waals surface area contributed by atoms with E-state index in [0.717, 1.165) is 11.0 Å². The lowest BCUT2D eigenvalue weighted by atomic mass is 9.97. The zero-order valence-corrected chi connectivity index (χ0v) is 28.0. The van der Waals surface area contributed by atoms with Gasteiger partial charge in [-0.2, -0.15) is 8.78 Å². The summed E-state index contributed by atoms with van der Waals surface area (Å²) in [6.07, 6.45) is 1.93. The Balaban J connectivity index is 1.12. The fraction of sp³-hybridized carbons (Fsp3) is 0.222. The van der Waals surface area contributed by atoms with Crippen molar-refractivity contribution in [3.05, 3.63) is 112 Å². The van der Waals surface area contributed by atoms with Crippen LogP contribution in [0.15, 0.2) is 78.3 Å². The predicted octanol–water partition coefficient (Wildman–Crippen LogP) is 6.28. The van der Waals surface area contributed by atoms with Gasteiger partial charge in [0.05, 0.1) is 29.6 Å². The van der Waals surface area contributed by atoms with E-state index in [9.17, 15) is 41.8 Å². The largest absolute Gasteiger partial charge is 0.481 e. The third-order valence-electron chi connectivity index (χ3n) is 7.79. The Morgan fingerprint density at radius 3 is 2.27 bits per heavy atom. The molecule has 270 valence electrons. The molecule has 0 aliphatic heterocycles. The number of ether oxygens (including phenoxy) is 1. The molecule has 4 N–H and O–H groups in total. The molecule has 0 saturated heterocycles. The molecule has 0 aliphatic rings. The quantitative estimate of drug-likeness (QED) is 0.0489. The molecular formula is C36H31F4N5O6S. The number of nitrogens with zero attached hydrogens (tertiary/aromatic N) is 2. The van der Waals surface area contributed by atoms with Crippen LogP contribution in [-0.4, -0.2) is 57.8 Å². The molecule has 16 heteroatoms. The first-order valence-corrected chi connectivity index (χ1v) is 16.8. The summed E-state index contributed by atoms with van der Waals surface area (Å²) >= 11 is 1.27. The number of amides is 2. The lowest BCUT2D eigenvalue weighted by Gasteiger charge is -2.21. The highest BCUT2D eigenvalue weighted by molar-refractivity contribution is 7.10. The number of hydrogen-bond acceptors (Lipinski definition) is 9. The predicted molar refractivity (Wildman–Crippen MR) is 183 cm³/mol. The van der Waals surface area contributed by atoms with Gasteiger partial charge in [-0.25, -0.2) is 13.8 Å². The fourth-order valence-electron chi connectivity index (χ4n) is 5.15. The Bertz CT molecular complexity index is 2040. The van der Waals surface area contributed by atoms with Crippen LogP contribution in [0.1, 0.15) is 46.8 Å². The first-order chi connectivity index (χ1) is 25.0. The fourth-order valence-corrected chi connectivity index (χ4v) is 6.01. The number of rotatable bonds is 17. The van der Waals surface area contributed by atoms with Gasteiger partial charge in [0.15, 0.2) is 23.2 Å². The van der Waals surface area contributed by atoms with Crippen LogP contribution < -0.4 is 20.7 Å². The number of halogens is 4. The number of anilines is 2. The van der Waals surface area contributed by atoms with E-state index in [2.05, 4.69) is 30.7 Å². The number of nitrogens with one attached hydrogen (secondary N) is 3. The van der Waals surface area contributed by atoms with Crippen molar-refractivity contribution in [2.24, 2.45) is 0 Å². The highest BCUT2D eigenvalue weighted by atomic mass is 32.1. The smallest absolute Gasteiger partial charge is 0.305 e. The second kappa shape index (κ2) is 17.4. The maximum atomic E-state index is 14.0. The minimum Gasteiger partial charge on any atom is -0.481 e. The summed E-state index contributed by atoms with van der Waals surface area (Å²) in [5.74, 6) is -12.6. The molecule has 0 spiro atoms. The van der Waals surface area contributed by atoms with Crippen LogP contribution in [0.3, 0.4) is 0 Å². The van der Waals surface area contributed by atoms with Gasteiger partial charge in [-0.05, 0) is 60.7 Å². The molecule has 0 aliphatic carbocycles. The second-order valence-electron chi connectivity index (χ2n) is 11.5. The van der Waals surface area contributed by atoms with Gasteiger partial charge in [0.25, 0.3) is 5.91 Å². The van der Waals surface area contributed by atoms with Gasteiger partial charge < -0.3 is 25.8 Å². The highest BCUT2D eigenvalue weighted by Crippen LogP contribution is 2.28. The van der Waals surface area contributed by atoms with E-state index in [1.807, 2.05) is 24.3 Å². The summed E-state index contributed by atoms with van der Waals surface area (Å²) in [5.41, 5.74) is 2.65. The summed E-state index contributed by atoms with van der Waals surface area (Å²) in [6, 6.07) is 16.0. The normalized spacial score (nSPS) is 12.2. The zero-order valence-electron chi connectivity index (χ0n) is 27.2. The third-order valence-corrected chi connectivity index (χ3v) is 8.78. The number of carbonyl (C=O) groups excluding carboxylic acids is 3. The Morgan fingerprint density at radius 1 is 0.885 bits per heavy atom. The number of fused-ring (bicyclic) bond motifs is 1. The maximum Gasteiger partial charge on any atom is 0.305 e. The molecule has 2 amide bonds. The number of carbonyl (C=O) groups is 4. The van der Waals surface area contributed by atoms with E-state index in [1.54, 1.807) is 48.0 Å². The van der Waals surface area contributed by atoms with E-state index in [0.29, 0.717) is 34.8 Å². The number of para-hydroxylation sites is 2. The number of thiophene rings is 1. The summed E-state index contributed by atoms with van der Waals surface area (Å²) < 4.78 is 59.8. The molecule has 0 bridgehead atoms. The molecule has 0 radical (unpaired) electrons. The minimum atomic E-state index is -1.88. The van der Waals surface area contributed by atoms with Crippen LogP contribution in [0.25, 0.3) is 11.0 Å². The number of carboxylic acid groups (broad SMARTS) is 1. The average Bonchev–Trinajstić information content (AvgIpc) is 3.66. The molecule has 5 rings (SSSR count). The Hall–Kier alpha value is -5.90. The van der Waals surface area contributed by atoms with Crippen molar-refractivity contribution in [3.63, 3.8) is 0 Å². The van der Waals surface area contributed by atoms with Gasteiger partial charge in [-0.3, -0.25) is 24.2 Å². The molecule has 2 aromatic heterocycles. The van der Waals surface area contributed by atoms with Crippen molar-refractivity contribution in [2.75, 3.05) is 18.5 Å². The van der Waals surface area contributed by atoms with Crippen molar-refractivity contribution < 1.29 is 46.6 Å². The van der Waals surface area contributed by atoms with Gasteiger partial charge in [0.1, 0.15) is 18.5 Å². The molecule has 52 heavy (non-hydrogen) atoms. The number of carboxylic acids is 1. The molecule has 3 aromatic carbocycles. The summed E-state index contributed by atoms with van der Waals surface area (Å²) in [7, 11) is 0. The number of Topliss-reactive ketones (excluding diaryl/α,β-unsaturated/α-hetero) is 1. The van der Waals surface area contributed by atoms with E-state index < -0.39 is 71.7 Å². The SMILES string of the molecule is O=C(O)C[C@H](NC(=O)[C@H](CCCCNC(=O)c1ccc(Nc2cnc3ccccc3n2)cc1)c1cccs1)C(=O)COc1c(F)c(F)cc(F)c1F. The number of unbranched alkanes of at least 4 members (excludes halogenated alkanes) is 1. The number of ketones is 1. The summed E-state index contributed by atoms with van der Waals surface area (Å²) in [5, 5.41) is 19.4. The van der Waals surface area contributed by atoms with E-state index in [-0.39, 0.29) is 24.9 Å². The first kappa shape index (κ1) is 37.4. The van der Waals surface area contributed by atoms with Crippen LogP contribution in [0.2, 0.25) is 0 Å². The number of benzene rings is 3. The molecule has 0 fully saturated rings. The number of hydrogen-bond donors (Lipinski definition) is 4. The highest BCUT2D eigenvalue weighted by Gasteiger charge is 2.30. The van der Waals surface area contributed by atoms with Gasteiger partial charge in [0.2, 0.25) is 17.5 Å². The molecular weight excluding hydrogens is 706 g/mol. The second-order valence-corrected chi connectivity index (χ2v) is 12.5. The van der Waals surface area contributed by atoms with E-state index >= 15 is 0 Å². The molecule has 11 nitrogen and oxygen atoms in total. The van der Waals surface area contributed by atoms with Crippen molar-refractivity contribution in [1.29, 1.82) is 0 Å². The Morgan fingerprint density at radius 2 is 1.60 bits per heavy atom. The van der Waals surface area contributed by atoms with Crippen LogP contribution in [-0.2, 0) is 14.4 Å². The van der Waals surface area contributed by atoms with Gasteiger partial charge in [-0.15, -0.1) is 11.3 Å². The molecule has 2 atom stereocenters. The van der Waals surface area contributed by atoms with Crippen LogP contribution in [0.4, 0.5) is 29.1 Å². The topological polar surface area (TPSA) is 160 Å². The number of aliphatic carboxylic acids is 1. The molecule has 0 saturated carbocycles. The standard InChI is InChI=1S/C36H31F4N5O6S/c37-23-16-24(38)33(40)34(32(23)39)51-19-28(46)27(17-31(47)48)45-36(50)22(29-9-5-15-52-29)6-3-4-14-41-35(49)20-10-12-21(13-11-20)43-30-18-42-25-7-1-2-8-26(25)44-30/h1-2,5,7-13,15-16,18,22,27H,3-4,6,14,17,19H2,(H,41,49)(H,43,44)(H,45,50)(H,47,48)/t22-,27+/m1/s1. The van der Waals surface area contributed by atoms with Crippen LogP contribution in [0.5, 0.6) is 5.75 Å². The molecule has 2 heterocycles. The van der Waals surface area contributed by atoms with E-state index in [4.69, 9.17) is 0 Å². The van der Waals surface area contributed by atoms with Crippen LogP contribution >= 0.6 is 11.3 Å². The van der Waals surface area contributed by atoms with E-state index in [1.165, 1.54) is 11.3 Å². The number of aromatic nitrogens is 2. The minimum absolute atomic E-state index is 0.0350. The van der Waals surface area contributed by atoms with Crippen molar-refractivity contribution in [1.82, 2.24) is 20.6 Å². The molecule has 5 aromatic rings. The van der Waals surface area contributed by atoms with Gasteiger partial charge >= 0.3 is 5.97 Å². The van der Waals surface area contributed by atoms with Crippen molar-refractivity contribution in [2.45, 2.75) is 37.6 Å². The lowest BCUT2D eigenvalue weighted by molar-refractivity contribution is -0.140. The average molecular weight is 738 g/mol. The van der Waals surface area contributed by atoms with Gasteiger partial charge in [-0.1, -0.05) is 24.6 Å². The Labute approximate surface area is 298 Å².